The number of hydrogen-bond donors (Lipinski definition) is 2. The highest BCUT2D eigenvalue weighted by Crippen LogP contribution is 2.20. The Hall–Kier alpha value is -1.06. The van der Waals surface area contributed by atoms with E-state index in [9.17, 15) is 0 Å². The molecule has 1 unspecified atom stereocenters. The molecule has 27 heavy (non-hydrogen) atoms. The molecule has 0 bridgehead atoms. The maximum Gasteiger partial charge on any atom is 0.191 e. The van der Waals surface area contributed by atoms with Crippen LogP contribution in [0.4, 0.5) is 0 Å². The van der Waals surface area contributed by atoms with Gasteiger partial charge in [0.05, 0.1) is 26.9 Å². The second kappa shape index (κ2) is 14.0. The quantitative estimate of drug-likeness (QED) is 0.228. The lowest BCUT2D eigenvalue weighted by Gasteiger charge is -2.13. The van der Waals surface area contributed by atoms with Crippen molar-refractivity contribution in [1.29, 1.82) is 0 Å². The number of nitrogens with one attached hydrogen (secondary N) is 2. The van der Waals surface area contributed by atoms with Crippen molar-refractivity contribution in [2.75, 3.05) is 46.6 Å². The number of hydrogen-bond acceptors (Lipinski definition) is 4. The van der Waals surface area contributed by atoms with Gasteiger partial charge in [-0.05, 0) is 38.3 Å². The Bertz CT molecular complexity index is 563. The largest absolute Gasteiger partial charge is 0.496 e. The third kappa shape index (κ3) is 9.12. The van der Waals surface area contributed by atoms with Gasteiger partial charge in [-0.2, -0.15) is 0 Å². The minimum absolute atomic E-state index is 0. The van der Waals surface area contributed by atoms with Crippen LogP contribution in [0.2, 0.25) is 0 Å². The molecule has 1 aliphatic heterocycles. The predicted molar refractivity (Wildman–Crippen MR) is 120 cm³/mol. The third-order valence-electron chi connectivity index (χ3n) is 4.33. The molecular formula is C20H34IN3O3. The summed E-state index contributed by atoms with van der Waals surface area (Å²) in [4.78, 5) is 4.66. The van der Waals surface area contributed by atoms with E-state index in [4.69, 9.17) is 14.2 Å². The summed E-state index contributed by atoms with van der Waals surface area (Å²) in [7, 11) is 1.70. The standard InChI is InChI=1S/C20H33N3O3.HI/c1-4-21-20(22-9-5-10-25-14-17-8-11-26-15-17)23-13-18-7-6-16(2)12-19(18)24-3;/h6-7,12,17H,4-5,8-11,13-15H2,1-3H3,(H2,21,22,23);1H. The molecule has 0 radical (unpaired) electrons. The molecular weight excluding hydrogens is 457 g/mol. The van der Waals surface area contributed by atoms with E-state index in [1.54, 1.807) is 7.11 Å². The average Bonchev–Trinajstić information content (AvgIpc) is 3.16. The van der Waals surface area contributed by atoms with Gasteiger partial charge in [-0.25, -0.2) is 4.99 Å². The first-order valence-corrected chi connectivity index (χ1v) is 9.54. The zero-order chi connectivity index (χ0) is 18.6. The van der Waals surface area contributed by atoms with Crippen LogP contribution in [0.25, 0.3) is 0 Å². The molecule has 1 aromatic carbocycles. The molecule has 1 saturated heterocycles. The molecule has 2 rings (SSSR count). The number of aliphatic imine (C=N–C) groups is 1. The summed E-state index contributed by atoms with van der Waals surface area (Å²) in [6.07, 6.45) is 2.07. The Kier molecular flexibility index (Phi) is 12.4. The minimum Gasteiger partial charge on any atom is -0.496 e. The highest BCUT2D eigenvalue weighted by molar-refractivity contribution is 14.0. The van der Waals surface area contributed by atoms with Crippen LogP contribution in [0, 0.1) is 12.8 Å². The summed E-state index contributed by atoms with van der Waals surface area (Å²) in [6, 6.07) is 6.19. The summed E-state index contributed by atoms with van der Waals surface area (Å²) in [5.41, 5.74) is 2.26. The van der Waals surface area contributed by atoms with Crippen molar-refractivity contribution in [3.63, 3.8) is 0 Å². The van der Waals surface area contributed by atoms with Crippen LogP contribution < -0.4 is 15.4 Å². The molecule has 154 valence electrons. The fourth-order valence-corrected chi connectivity index (χ4v) is 2.83. The highest BCUT2D eigenvalue weighted by atomic mass is 127. The van der Waals surface area contributed by atoms with E-state index < -0.39 is 0 Å². The maximum absolute atomic E-state index is 5.73. The number of rotatable bonds is 10. The molecule has 6 nitrogen and oxygen atoms in total. The van der Waals surface area contributed by atoms with E-state index >= 15 is 0 Å². The Labute approximate surface area is 180 Å². The fraction of sp³-hybridized carbons (Fsp3) is 0.650. The highest BCUT2D eigenvalue weighted by Gasteiger charge is 2.15. The van der Waals surface area contributed by atoms with E-state index in [1.807, 2.05) is 6.07 Å². The molecule has 0 aliphatic carbocycles. The second-order valence-corrected chi connectivity index (χ2v) is 6.60. The summed E-state index contributed by atoms with van der Waals surface area (Å²) < 4.78 is 16.5. The molecule has 1 fully saturated rings. The summed E-state index contributed by atoms with van der Waals surface area (Å²) in [6.45, 7) is 9.65. The smallest absolute Gasteiger partial charge is 0.191 e. The second-order valence-electron chi connectivity index (χ2n) is 6.60. The lowest BCUT2D eigenvalue weighted by atomic mass is 10.1. The van der Waals surface area contributed by atoms with Crippen molar-refractivity contribution in [3.05, 3.63) is 29.3 Å². The van der Waals surface area contributed by atoms with Gasteiger partial charge in [0.2, 0.25) is 0 Å². The van der Waals surface area contributed by atoms with Gasteiger partial charge in [0, 0.05) is 37.8 Å². The number of benzene rings is 1. The van der Waals surface area contributed by atoms with Gasteiger partial charge >= 0.3 is 0 Å². The van der Waals surface area contributed by atoms with Gasteiger partial charge < -0.3 is 24.8 Å². The number of nitrogens with zero attached hydrogens (tertiary/aromatic N) is 1. The number of methoxy groups -OCH3 is 1. The molecule has 0 amide bonds. The number of halogens is 1. The first kappa shape index (κ1) is 24.0. The molecule has 0 saturated carbocycles. The topological polar surface area (TPSA) is 64.1 Å². The van der Waals surface area contributed by atoms with E-state index in [2.05, 4.69) is 41.6 Å². The number of aryl methyl sites for hydroxylation is 1. The molecule has 1 atom stereocenters. The SMILES string of the molecule is CCNC(=NCc1ccc(C)cc1OC)NCCCOCC1CCOC1.I. The summed E-state index contributed by atoms with van der Waals surface area (Å²) in [5.74, 6) is 2.28. The molecule has 7 heteroatoms. The van der Waals surface area contributed by atoms with Crippen molar-refractivity contribution >= 4 is 29.9 Å². The normalized spacial score (nSPS) is 16.7. The molecule has 1 aromatic rings. The molecule has 0 aromatic heterocycles. The van der Waals surface area contributed by atoms with Crippen molar-refractivity contribution < 1.29 is 14.2 Å². The Balaban J connectivity index is 0.00000364. The Morgan fingerprint density at radius 2 is 2.19 bits per heavy atom. The van der Waals surface area contributed by atoms with Crippen LogP contribution in [0.5, 0.6) is 5.75 Å². The van der Waals surface area contributed by atoms with Gasteiger partial charge in [0.15, 0.2) is 5.96 Å². The van der Waals surface area contributed by atoms with Crippen molar-refractivity contribution in [2.45, 2.75) is 33.2 Å². The molecule has 0 spiro atoms. The Morgan fingerprint density at radius 1 is 1.33 bits per heavy atom. The third-order valence-corrected chi connectivity index (χ3v) is 4.33. The summed E-state index contributed by atoms with van der Waals surface area (Å²) in [5, 5.41) is 6.64. The minimum atomic E-state index is 0. The van der Waals surface area contributed by atoms with Crippen LogP contribution in [-0.2, 0) is 16.0 Å². The lowest BCUT2D eigenvalue weighted by Crippen LogP contribution is -2.38. The van der Waals surface area contributed by atoms with E-state index in [-0.39, 0.29) is 24.0 Å². The van der Waals surface area contributed by atoms with Gasteiger partial charge in [0.1, 0.15) is 5.75 Å². The molecule has 2 N–H and O–H groups in total. The average molecular weight is 491 g/mol. The zero-order valence-electron chi connectivity index (χ0n) is 16.8. The predicted octanol–water partition coefficient (Wildman–Crippen LogP) is 3.12. The Morgan fingerprint density at radius 3 is 2.89 bits per heavy atom. The van der Waals surface area contributed by atoms with Crippen LogP contribution in [-0.4, -0.2) is 52.6 Å². The molecule has 1 aliphatic rings. The summed E-state index contributed by atoms with van der Waals surface area (Å²) >= 11 is 0. The van der Waals surface area contributed by atoms with Crippen LogP contribution >= 0.6 is 24.0 Å². The fourth-order valence-electron chi connectivity index (χ4n) is 2.83. The first-order chi connectivity index (χ1) is 12.7. The van der Waals surface area contributed by atoms with Crippen LogP contribution in [0.3, 0.4) is 0 Å². The van der Waals surface area contributed by atoms with Gasteiger partial charge in [-0.1, -0.05) is 12.1 Å². The first-order valence-electron chi connectivity index (χ1n) is 9.54. The van der Waals surface area contributed by atoms with E-state index in [0.717, 1.165) is 69.6 Å². The van der Waals surface area contributed by atoms with Gasteiger partial charge in [0.25, 0.3) is 0 Å². The number of ether oxygens (including phenoxy) is 3. The lowest BCUT2D eigenvalue weighted by molar-refractivity contribution is 0.0888. The van der Waals surface area contributed by atoms with Crippen molar-refractivity contribution in [1.82, 2.24) is 10.6 Å². The van der Waals surface area contributed by atoms with Crippen LogP contribution in [0.1, 0.15) is 30.9 Å². The van der Waals surface area contributed by atoms with Gasteiger partial charge in [-0.15, -0.1) is 24.0 Å². The molecule has 1 heterocycles. The maximum atomic E-state index is 5.73. The van der Waals surface area contributed by atoms with Gasteiger partial charge in [-0.3, -0.25) is 0 Å². The monoisotopic (exact) mass is 491 g/mol. The van der Waals surface area contributed by atoms with E-state index in [0.29, 0.717) is 12.5 Å². The number of guanidine groups is 1. The van der Waals surface area contributed by atoms with Crippen molar-refractivity contribution in [2.24, 2.45) is 10.9 Å². The van der Waals surface area contributed by atoms with Crippen molar-refractivity contribution in [3.8, 4) is 5.75 Å². The van der Waals surface area contributed by atoms with Crippen LogP contribution in [0.15, 0.2) is 23.2 Å². The zero-order valence-corrected chi connectivity index (χ0v) is 19.1. The van der Waals surface area contributed by atoms with E-state index in [1.165, 1.54) is 5.56 Å².